The number of piperazine rings is 1. The van der Waals surface area contributed by atoms with E-state index in [1.54, 1.807) is 6.07 Å². The van der Waals surface area contributed by atoms with Crippen LogP contribution in [0.25, 0.3) is 0 Å². The number of hydrogen-bond acceptors (Lipinski definition) is 6. The highest BCUT2D eigenvalue weighted by Gasteiger charge is 2.48. The first-order valence-electron chi connectivity index (χ1n) is 13.4. The monoisotopic (exact) mass is 630 g/mol. The molecule has 1 aliphatic heterocycles. The van der Waals surface area contributed by atoms with E-state index in [9.17, 15) is 37.2 Å². The Kier molecular flexibility index (Phi) is 9.86. The number of benzene rings is 2. The topological polar surface area (TPSA) is 118 Å². The largest absolute Gasteiger partial charge is 0.351 e. The minimum Gasteiger partial charge on any atom is -0.351 e. The summed E-state index contributed by atoms with van der Waals surface area (Å²) in [6.45, 7) is 4.56. The molecule has 2 fully saturated rings. The summed E-state index contributed by atoms with van der Waals surface area (Å²) < 4.78 is 56.5. The van der Waals surface area contributed by atoms with E-state index in [0.29, 0.717) is 6.07 Å². The van der Waals surface area contributed by atoms with Crippen molar-refractivity contribution < 1.29 is 31.9 Å². The summed E-state index contributed by atoms with van der Waals surface area (Å²) in [5.41, 5.74) is -0.245. The van der Waals surface area contributed by atoms with Crippen LogP contribution in [0.4, 0.5) is 23.2 Å². The lowest BCUT2D eigenvalue weighted by Crippen LogP contribution is -2.64. The standard InChI is InChI=1S/C30H27ClF4N6O3/c1-3-38-25(8-17(2)14-36)41-24(15-37-16-26(41)42)29(44)40(21-10-18(32)9-19(33)11-21)27(22-6-4-5-7-23(22)31)28(43)39-20-12-30(34,35)13-20/h3-11,20,24,27,37H,1,12-13,15-16H2,2H3,(H,39,43)/b17-8+,38-25?/t24-,27-/m0/s1. The van der Waals surface area contributed by atoms with Gasteiger partial charge in [0.25, 0.3) is 11.8 Å². The molecule has 1 aliphatic carbocycles. The summed E-state index contributed by atoms with van der Waals surface area (Å²) in [5, 5.41) is 14.6. The number of carbonyl (C=O) groups excluding carboxylic acids is 3. The second kappa shape index (κ2) is 13.4. The minimum atomic E-state index is -2.98. The molecule has 9 nitrogen and oxygen atoms in total. The van der Waals surface area contributed by atoms with Crippen LogP contribution in [0.15, 0.2) is 71.9 Å². The van der Waals surface area contributed by atoms with E-state index in [1.807, 2.05) is 6.07 Å². The fraction of sp³-hybridized carbons (Fsp3) is 0.300. The molecule has 2 atom stereocenters. The number of carbonyl (C=O) groups is 3. The number of nitrogens with one attached hydrogen (secondary N) is 2. The fourth-order valence-electron chi connectivity index (χ4n) is 5.02. The normalized spacial score (nSPS) is 19.4. The molecule has 2 aromatic rings. The van der Waals surface area contributed by atoms with Gasteiger partial charge in [-0.1, -0.05) is 36.4 Å². The van der Waals surface area contributed by atoms with E-state index in [2.05, 4.69) is 22.2 Å². The number of halogens is 5. The Balaban J connectivity index is 1.90. The molecule has 1 saturated heterocycles. The third kappa shape index (κ3) is 7.15. The zero-order valence-electron chi connectivity index (χ0n) is 23.4. The molecule has 2 N–H and O–H groups in total. The predicted octanol–water partition coefficient (Wildman–Crippen LogP) is 4.42. The van der Waals surface area contributed by atoms with Crippen molar-refractivity contribution in [3.05, 3.63) is 89.1 Å². The summed E-state index contributed by atoms with van der Waals surface area (Å²) in [4.78, 5) is 47.5. The number of amides is 3. The van der Waals surface area contributed by atoms with Crippen molar-refractivity contribution in [2.45, 2.75) is 43.8 Å². The molecule has 2 aliphatic rings. The van der Waals surface area contributed by atoms with Gasteiger partial charge in [-0.05, 0) is 31.2 Å². The molecular weight excluding hydrogens is 604 g/mol. The number of hydrogen-bond donors (Lipinski definition) is 2. The van der Waals surface area contributed by atoms with E-state index < -0.39 is 71.9 Å². The lowest BCUT2D eigenvalue weighted by molar-refractivity contribution is -0.137. The molecule has 0 bridgehead atoms. The second-order valence-corrected chi connectivity index (χ2v) is 10.7. The van der Waals surface area contributed by atoms with Crippen LogP contribution in [0.3, 0.4) is 0 Å². The highest BCUT2D eigenvalue weighted by Crippen LogP contribution is 2.39. The lowest BCUT2D eigenvalue weighted by atomic mass is 9.87. The maximum Gasteiger partial charge on any atom is 0.252 e. The van der Waals surface area contributed by atoms with Gasteiger partial charge in [0.05, 0.1) is 18.3 Å². The summed E-state index contributed by atoms with van der Waals surface area (Å²) >= 11 is 6.46. The Labute approximate surface area is 255 Å². The third-order valence-corrected chi connectivity index (χ3v) is 7.32. The number of nitrogens with zero attached hydrogens (tertiary/aromatic N) is 4. The number of amidine groups is 1. The quantitative estimate of drug-likeness (QED) is 0.194. The van der Waals surface area contributed by atoms with Gasteiger partial charge in [-0.2, -0.15) is 5.26 Å². The van der Waals surface area contributed by atoms with Gasteiger partial charge >= 0.3 is 0 Å². The maximum absolute atomic E-state index is 14.6. The fourth-order valence-corrected chi connectivity index (χ4v) is 5.26. The van der Waals surface area contributed by atoms with Crippen molar-refractivity contribution in [3.63, 3.8) is 0 Å². The number of allylic oxidation sites excluding steroid dienone is 1. The molecule has 14 heteroatoms. The van der Waals surface area contributed by atoms with E-state index in [-0.39, 0.29) is 35.1 Å². The molecule has 0 spiro atoms. The van der Waals surface area contributed by atoms with Crippen molar-refractivity contribution in [1.82, 2.24) is 15.5 Å². The second-order valence-electron chi connectivity index (χ2n) is 10.2. The molecular formula is C30H27ClF4N6O3. The van der Waals surface area contributed by atoms with Crippen LogP contribution < -0.4 is 15.5 Å². The van der Waals surface area contributed by atoms with Gasteiger partial charge in [0, 0.05) is 53.9 Å². The van der Waals surface area contributed by atoms with Crippen LogP contribution in [0.2, 0.25) is 5.02 Å². The van der Waals surface area contributed by atoms with E-state index in [4.69, 9.17) is 11.6 Å². The van der Waals surface area contributed by atoms with Crippen LogP contribution in [0.1, 0.15) is 31.4 Å². The van der Waals surface area contributed by atoms with Crippen LogP contribution in [-0.2, 0) is 14.4 Å². The SMILES string of the molecule is C=CN=C(/C=C(\C)C#N)N1C(=O)CNC[C@H]1C(=O)N(c1cc(F)cc(F)c1)[C@H](C(=O)NC1CC(F)(F)C1)c1ccccc1Cl. The molecule has 1 heterocycles. The highest BCUT2D eigenvalue weighted by molar-refractivity contribution is 6.31. The molecule has 4 rings (SSSR count). The molecule has 0 radical (unpaired) electrons. The van der Waals surface area contributed by atoms with Crippen LogP contribution in [-0.4, -0.2) is 59.6 Å². The smallest absolute Gasteiger partial charge is 0.252 e. The van der Waals surface area contributed by atoms with Gasteiger partial charge in [-0.3, -0.25) is 24.2 Å². The first-order chi connectivity index (χ1) is 20.8. The summed E-state index contributed by atoms with van der Waals surface area (Å²) in [6, 6.07) is 5.86. The van der Waals surface area contributed by atoms with Gasteiger partial charge in [0.1, 0.15) is 29.6 Å². The Morgan fingerprint density at radius 3 is 2.50 bits per heavy atom. The summed E-state index contributed by atoms with van der Waals surface area (Å²) in [7, 11) is 0. The molecule has 0 aromatic heterocycles. The third-order valence-electron chi connectivity index (χ3n) is 6.98. The van der Waals surface area contributed by atoms with E-state index in [0.717, 1.165) is 28.1 Å². The molecule has 3 amide bonds. The van der Waals surface area contributed by atoms with Gasteiger partial charge < -0.3 is 10.6 Å². The molecule has 0 unspecified atom stereocenters. The zero-order chi connectivity index (χ0) is 32.2. The number of rotatable bonds is 8. The Bertz CT molecular complexity index is 1560. The van der Waals surface area contributed by atoms with Crippen molar-refractivity contribution >= 4 is 40.8 Å². The highest BCUT2D eigenvalue weighted by atomic mass is 35.5. The summed E-state index contributed by atoms with van der Waals surface area (Å²) in [6.07, 6.45) is 1.07. The Morgan fingerprint density at radius 1 is 1.25 bits per heavy atom. The predicted molar refractivity (Wildman–Crippen MR) is 155 cm³/mol. The number of aliphatic imine (C=N–C) groups is 1. The summed E-state index contributed by atoms with van der Waals surface area (Å²) in [5.74, 6) is -7.84. The first-order valence-corrected chi connectivity index (χ1v) is 13.7. The minimum absolute atomic E-state index is 0.00236. The van der Waals surface area contributed by atoms with Crippen molar-refractivity contribution in [1.29, 1.82) is 5.26 Å². The van der Waals surface area contributed by atoms with Crippen molar-refractivity contribution in [3.8, 4) is 6.07 Å². The Morgan fingerprint density at radius 2 is 1.91 bits per heavy atom. The average molecular weight is 631 g/mol. The van der Waals surface area contributed by atoms with Gasteiger partial charge in [0.2, 0.25) is 11.8 Å². The maximum atomic E-state index is 14.6. The van der Waals surface area contributed by atoms with Gasteiger partial charge in [-0.25, -0.2) is 22.6 Å². The number of anilines is 1. The van der Waals surface area contributed by atoms with Crippen molar-refractivity contribution in [2.24, 2.45) is 4.99 Å². The molecule has 44 heavy (non-hydrogen) atoms. The van der Waals surface area contributed by atoms with E-state index >= 15 is 0 Å². The molecule has 1 saturated carbocycles. The van der Waals surface area contributed by atoms with Crippen LogP contribution >= 0.6 is 11.6 Å². The van der Waals surface area contributed by atoms with Gasteiger partial charge in [-0.15, -0.1) is 0 Å². The van der Waals surface area contributed by atoms with E-state index in [1.165, 1.54) is 31.2 Å². The van der Waals surface area contributed by atoms with Gasteiger partial charge in [0.15, 0.2) is 0 Å². The molecule has 2 aromatic carbocycles. The average Bonchev–Trinajstić information content (AvgIpc) is 2.94. The van der Waals surface area contributed by atoms with Crippen LogP contribution in [0, 0.1) is 23.0 Å². The zero-order valence-corrected chi connectivity index (χ0v) is 24.1. The number of alkyl halides is 2. The molecule has 230 valence electrons. The van der Waals surface area contributed by atoms with Crippen LogP contribution in [0.5, 0.6) is 0 Å². The number of nitriles is 1. The first kappa shape index (κ1) is 32.4. The Hall–Kier alpha value is -4.54. The lowest BCUT2D eigenvalue weighted by Gasteiger charge is -2.41. The van der Waals surface area contributed by atoms with Crippen molar-refractivity contribution in [2.75, 3.05) is 18.0 Å².